The van der Waals surface area contributed by atoms with Gasteiger partial charge in [0.15, 0.2) is 0 Å². The number of amides is 1. The fraction of sp³-hybridized carbons (Fsp3) is 0.476. The summed E-state index contributed by atoms with van der Waals surface area (Å²) in [5.41, 5.74) is 1.53. The minimum Gasteiger partial charge on any atom is -0.497 e. The molecule has 3 heterocycles. The molecule has 0 aliphatic carbocycles. The maximum atomic E-state index is 12.9. The number of sulfonamides is 1. The fourth-order valence-electron chi connectivity index (χ4n) is 3.85. The van der Waals surface area contributed by atoms with Gasteiger partial charge < -0.3 is 14.6 Å². The number of hydrogen-bond donors (Lipinski definition) is 1. The van der Waals surface area contributed by atoms with Crippen LogP contribution in [0.3, 0.4) is 0 Å². The highest BCUT2D eigenvalue weighted by atomic mass is 32.2. The van der Waals surface area contributed by atoms with Crippen molar-refractivity contribution in [3.63, 3.8) is 0 Å². The fourth-order valence-corrected chi connectivity index (χ4v) is 6.42. The summed E-state index contributed by atoms with van der Waals surface area (Å²) in [6, 6.07) is 9.49. The van der Waals surface area contributed by atoms with Crippen molar-refractivity contribution in [3.8, 4) is 5.75 Å². The van der Waals surface area contributed by atoms with Crippen LogP contribution < -0.4 is 4.74 Å². The summed E-state index contributed by atoms with van der Waals surface area (Å²) < 4.78 is 32.3. The molecule has 31 heavy (non-hydrogen) atoms. The first kappa shape index (κ1) is 22.2. The molecule has 8 nitrogen and oxygen atoms in total. The van der Waals surface area contributed by atoms with Crippen LogP contribution in [0.4, 0.5) is 0 Å². The van der Waals surface area contributed by atoms with Crippen LogP contribution in [0.25, 0.3) is 0 Å². The van der Waals surface area contributed by atoms with Gasteiger partial charge in [0.25, 0.3) is 5.91 Å². The van der Waals surface area contributed by atoms with Crippen LogP contribution in [0.15, 0.2) is 41.4 Å². The smallest absolute Gasteiger partial charge is 0.270 e. The molecule has 1 aromatic heterocycles. The van der Waals surface area contributed by atoms with Crippen molar-refractivity contribution in [2.75, 3.05) is 57.9 Å². The number of carbonyl (C=O) groups is 1. The summed E-state index contributed by atoms with van der Waals surface area (Å²) >= 11 is 1.76. The van der Waals surface area contributed by atoms with E-state index in [0.717, 1.165) is 36.9 Å². The number of aromatic nitrogens is 1. The quantitative estimate of drug-likeness (QED) is 0.701. The lowest BCUT2D eigenvalue weighted by molar-refractivity contribution is 0.0623. The molecule has 0 atom stereocenters. The second-order valence-electron chi connectivity index (χ2n) is 7.68. The van der Waals surface area contributed by atoms with E-state index in [2.05, 4.69) is 22.0 Å². The Hall–Kier alpha value is -2.01. The molecule has 0 saturated carbocycles. The van der Waals surface area contributed by atoms with Crippen LogP contribution in [-0.2, 0) is 16.6 Å². The number of thioether (sulfide) groups is 1. The number of hydrogen-bond acceptors (Lipinski definition) is 6. The normalized spacial score (nSPS) is 18.8. The first-order valence-corrected chi connectivity index (χ1v) is 13.0. The minimum atomic E-state index is -3.55. The van der Waals surface area contributed by atoms with Gasteiger partial charge in [0.05, 0.1) is 7.11 Å². The Kier molecular flexibility index (Phi) is 6.90. The molecule has 2 aromatic rings. The second kappa shape index (κ2) is 9.64. The maximum Gasteiger partial charge on any atom is 0.270 e. The van der Waals surface area contributed by atoms with Crippen molar-refractivity contribution in [1.82, 2.24) is 19.1 Å². The Morgan fingerprint density at radius 3 is 2.39 bits per heavy atom. The van der Waals surface area contributed by atoms with E-state index in [4.69, 9.17) is 4.74 Å². The summed E-state index contributed by atoms with van der Waals surface area (Å²) in [4.78, 5) is 20.0. The van der Waals surface area contributed by atoms with Gasteiger partial charge >= 0.3 is 0 Å². The van der Waals surface area contributed by atoms with Gasteiger partial charge in [-0.3, -0.25) is 9.69 Å². The summed E-state index contributed by atoms with van der Waals surface area (Å²) in [7, 11) is -1.90. The van der Waals surface area contributed by atoms with Crippen LogP contribution in [0.5, 0.6) is 5.75 Å². The standard InChI is InChI=1S/C21H28N4O4S2/c1-29-18-4-2-17(3-5-18)16-23-6-8-24(9-7-23)21(26)20-14-19(15-22-20)31(27,28)25-10-12-30-13-11-25/h2-5,14-15,22H,6-13,16H2,1H3. The molecule has 2 aliphatic rings. The van der Waals surface area contributed by atoms with Gasteiger partial charge in [0.1, 0.15) is 16.3 Å². The molecule has 2 aliphatic heterocycles. The lowest BCUT2D eigenvalue weighted by atomic mass is 10.2. The topological polar surface area (TPSA) is 85.9 Å². The van der Waals surface area contributed by atoms with Crippen molar-refractivity contribution in [1.29, 1.82) is 0 Å². The predicted octanol–water partition coefficient (Wildman–Crippen LogP) is 1.72. The van der Waals surface area contributed by atoms with E-state index >= 15 is 0 Å². The van der Waals surface area contributed by atoms with Crippen LogP contribution >= 0.6 is 11.8 Å². The Morgan fingerprint density at radius 1 is 1.06 bits per heavy atom. The highest BCUT2D eigenvalue weighted by molar-refractivity contribution is 7.99. The third kappa shape index (κ3) is 5.08. The first-order chi connectivity index (χ1) is 15.0. The van der Waals surface area contributed by atoms with E-state index in [1.165, 1.54) is 22.1 Å². The van der Waals surface area contributed by atoms with Crippen molar-refractivity contribution in [2.45, 2.75) is 11.4 Å². The van der Waals surface area contributed by atoms with E-state index in [0.29, 0.717) is 31.9 Å². The number of benzene rings is 1. The molecule has 0 spiro atoms. The van der Waals surface area contributed by atoms with Crippen molar-refractivity contribution in [3.05, 3.63) is 47.8 Å². The zero-order chi connectivity index (χ0) is 21.8. The third-order valence-electron chi connectivity index (χ3n) is 5.72. The molecular formula is C21H28N4O4S2. The second-order valence-corrected chi connectivity index (χ2v) is 10.8. The molecule has 4 rings (SSSR count). The summed E-state index contributed by atoms with van der Waals surface area (Å²) in [5.74, 6) is 2.29. The average molecular weight is 465 g/mol. The Bertz CT molecular complexity index is 993. The largest absolute Gasteiger partial charge is 0.497 e. The molecule has 168 valence electrons. The predicted molar refractivity (Wildman–Crippen MR) is 121 cm³/mol. The van der Waals surface area contributed by atoms with Gasteiger partial charge in [-0.15, -0.1) is 0 Å². The maximum absolute atomic E-state index is 12.9. The SMILES string of the molecule is COc1ccc(CN2CCN(C(=O)c3cc(S(=O)(=O)N4CCSCC4)c[nH]3)CC2)cc1. The Labute approximate surface area is 187 Å². The first-order valence-electron chi connectivity index (χ1n) is 10.4. The van der Waals surface area contributed by atoms with Crippen molar-refractivity contribution in [2.24, 2.45) is 0 Å². The summed E-state index contributed by atoms with van der Waals surface area (Å²) in [5, 5.41) is 0. The number of rotatable bonds is 6. The van der Waals surface area contributed by atoms with Gasteiger partial charge in [-0.2, -0.15) is 16.1 Å². The number of piperazine rings is 1. The molecule has 10 heteroatoms. The number of carbonyl (C=O) groups excluding carboxylic acids is 1. The summed E-state index contributed by atoms with van der Waals surface area (Å²) in [6.45, 7) is 4.61. The zero-order valence-electron chi connectivity index (χ0n) is 17.6. The molecule has 2 fully saturated rings. The summed E-state index contributed by atoms with van der Waals surface area (Å²) in [6.07, 6.45) is 1.43. The lowest BCUT2D eigenvalue weighted by Gasteiger charge is -2.34. The third-order valence-corrected chi connectivity index (χ3v) is 8.54. The molecule has 0 bridgehead atoms. The number of nitrogens with one attached hydrogen (secondary N) is 1. The van der Waals surface area contributed by atoms with E-state index in [1.807, 2.05) is 12.1 Å². The average Bonchev–Trinajstić information content (AvgIpc) is 3.31. The molecule has 1 N–H and O–H groups in total. The lowest BCUT2D eigenvalue weighted by Crippen LogP contribution is -2.48. The van der Waals surface area contributed by atoms with E-state index in [9.17, 15) is 13.2 Å². The molecular weight excluding hydrogens is 436 g/mol. The zero-order valence-corrected chi connectivity index (χ0v) is 19.3. The monoisotopic (exact) mass is 464 g/mol. The molecule has 1 aromatic carbocycles. The van der Waals surface area contributed by atoms with Crippen LogP contribution in [0.1, 0.15) is 16.1 Å². The molecule has 2 saturated heterocycles. The number of H-pyrrole nitrogens is 1. The molecule has 0 unspecified atom stereocenters. The van der Waals surface area contributed by atoms with Crippen LogP contribution in [-0.4, -0.2) is 91.3 Å². The van der Waals surface area contributed by atoms with Crippen molar-refractivity contribution >= 4 is 27.7 Å². The highest BCUT2D eigenvalue weighted by Crippen LogP contribution is 2.22. The number of aromatic amines is 1. The number of methoxy groups -OCH3 is 1. The van der Waals surface area contributed by atoms with Gasteiger partial charge in [0, 0.05) is 63.5 Å². The van der Waals surface area contributed by atoms with Crippen LogP contribution in [0, 0.1) is 0 Å². The van der Waals surface area contributed by atoms with E-state index < -0.39 is 10.0 Å². The van der Waals surface area contributed by atoms with E-state index in [-0.39, 0.29) is 10.8 Å². The molecule has 1 amide bonds. The molecule has 0 radical (unpaired) electrons. The van der Waals surface area contributed by atoms with Gasteiger partial charge in [-0.25, -0.2) is 8.42 Å². The minimum absolute atomic E-state index is 0.153. The Balaban J connectivity index is 1.33. The van der Waals surface area contributed by atoms with Crippen LogP contribution in [0.2, 0.25) is 0 Å². The number of nitrogens with zero attached hydrogens (tertiary/aromatic N) is 3. The van der Waals surface area contributed by atoms with Gasteiger partial charge in [0.2, 0.25) is 10.0 Å². The number of ether oxygens (including phenoxy) is 1. The van der Waals surface area contributed by atoms with Gasteiger partial charge in [-0.05, 0) is 23.8 Å². The van der Waals surface area contributed by atoms with Gasteiger partial charge in [-0.1, -0.05) is 12.1 Å². The highest BCUT2D eigenvalue weighted by Gasteiger charge is 2.29. The Morgan fingerprint density at radius 2 is 1.74 bits per heavy atom. The van der Waals surface area contributed by atoms with Crippen molar-refractivity contribution < 1.29 is 17.9 Å². The van der Waals surface area contributed by atoms with E-state index in [1.54, 1.807) is 23.8 Å².